The first-order valence-corrected chi connectivity index (χ1v) is 7.40. The van der Waals surface area contributed by atoms with Crippen molar-refractivity contribution in [2.75, 3.05) is 13.1 Å². The SMILES string of the molecule is O=C(c1nnc2n1CCCC2)N1CCC(OC(F)(F)F)CC1. The number of rotatable bonds is 2. The summed E-state index contributed by atoms with van der Waals surface area (Å²) in [4.78, 5) is 14.0. The molecule has 0 radical (unpaired) electrons. The van der Waals surface area contributed by atoms with E-state index in [1.54, 1.807) is 0 Å². The van der Waals surface area contributed by atoms with E-state index in [1.165, 1.54) is 4.90 Å². The molecule has 0 aromatic carbocycles. The summed E-state index contributed by atoms with van der Waals surface area (Å²) in [6.45, 7) is 1.20. The molecule has 0 unspecified atom stereocenters. The monoisotopic (exact) mass is 318 g/mol. The molecule has 0 atom stereocenters. The highest BCUT2D eigenvalue weighted by molar-refractivity contribution is 5.90. The minimum Gasteiger partial charge on any atom is -0.336 e. The van der Waals surface area contributed by atoms with Crippen molar-refractivity contribution in [3.8, 4) is 0 Å². The number of hydrogen-bond donors (Lipinski definition) is 0. The summed E-state index contributed by atoms with van der Waals surface area (Å²) < 4.78 is 42.4. The first-order chi connectivity index (χ1) is 10.4. The average molecular weight is 318 g/mol. The molecule has 122 valence electrons. The lowest BCUT2D eigenvalue weighted by atomic mass is 10.1. The van der Waals surface area contributed by atoms with Crippen molar-refractivity contribution in [2.45, 2.75) is 51.1 Å². The van der Waals surface area contributed by atoms with Crippen LogP contribution in [0.1, 0.15) is 42.1 Å². The second kappa shape index (κ2) is 5.86. The minimum atomic E-state index is -4.62. The van der Waals surface area contributed by atoms with Gasteiger partial charge >= 0.3 is 6.36 Å². The first-order valence-electron chi connectivity index (χ1n) is 7.40. The molecule has 2 aliphatic rings. The van der Waals surface area contributed by atoms with Crippen molar-refractivity contribution >= 4 is 5.91 Å². The van der Waals surface area contributed by atoms with Crippen molar-refractivity contribution in [2.24, 2.45) is 0 Å². The molecular formula is C13H17F3N4O2. The van der Waals surface area contributed by atoms with E-state index in [1.807, 2.05) is 4.57 Å². The number of alkyl halides is 3. The summed E-state index contributed by atoms with van der Waals surface area (Å²) in [6, 6.07) is 0. The molecule has 22 heavy (non-hydrogen) atoms. The number of carbonyl (C=O) groups is 1. The van der Waals surface area contributed by atoms with E-state index in [4.69, 9.17) is 0 Å². The molecule has 0 saturated carbocycles. The summed E-state index contributed by atoms with van der Waals surface area (Å²) in [5.74, 6) is 0.848. The van der Waals surface area contributed by atoms with E-state index in [0.717, 1.165) is 31.6 Å². The maximum absolute atomic E-state index is 12.5. The highest BCUT2D eigenvalue weighted by Gasteiger charge is 2.36. The maximum atomic E-state index is 12.5. The van der Waals surface area contributed by atoms with Crippen molar-refractivity contribution in [3.05, 3.63) is 11.6 Å². The minimum absolute atomic E-state index is 0.173. The highest BCUT2D eigenvalue weighted by Crippen LogP contribution is 2.25. The third-order valence-electron chi connectivity index (χ3n) is 4.08. The maximum Gasteiger partial charge on any atom is 0.522 e. The predicted molar refractivity (Wildman–Crippen MR) is 69.0 cm³/mol. The lowest BCUT2D eigenvalue weighted by Crippen LogP contribution is -2.43. The fourth-order valence-electron chi connectivity index (χ4n) is 2.97. The van der Waals surface area contributed by atoms with Crippen molar-refractivity contribution < 1.29 is 22.7 Å². The Balaban J connectivity index is 1.62. The van der Waals surface area contributed by atoms with E-state index in [0.29, 0.717) is 5.82 Å². The molecule has 0 bridgehead atoms. The topological polar surface area (TPSA) is 60.2 Å². The van der Waals surface area contributed by atoms with Crippen molar-refractivity contribution in [1.29, 1.82) is 0 Å². The van der Waals surface area contributed by atoms with Gasteiger partial charge in [-0.2, -0.15) is 0 Å². The van der Waals surface area contributed by atoms with Gasteiger partial charge in [-0.05, 0) is 25.7 Å². The number of likely N-dealkylation sites (tertiary alicyclic amines) is 1. The standard InChI is InChI=1S/C13H17F3N4O2/c14-13(15,16)22-9-4-7-19(8-5-9)12(21)11-18-17-10-3-1-2-6-20(10)11/h9H,1-8H2. The number of carbonyl (C=O) groups excluding carboxylic acids is 1. The van der Waals surface area contributed by atoms with Crippen LogP contribution in [0.5, 0.6) is 0 Å². The fraction of sp³-hybridized carbons (Fsp3) is 0.769. The van der Waals surface area contributed by atoms with E-state index in [-0.39, 0.29) is 31.8 Å². The van der Waals surface area contributed by atoms with Gasteiger partial charge in [0, 0.05) is 26.1 Å². The Morgan fingerprint density at radius 3 is 2.55 bits per heavy atom. The zero-order chi connectivity index (χ0) is 15.7. The molecule has 1 aromatic rings. The van der Waals surface area contributed by atoms with Crippen LogP contribution in [0, 0.1) is 0 Å². The average Bonchev–Trinajstić information content (AvgIpc) is 2.89. The Morgan fingerprint density at radius 1 is 1.14 bits per heavy atom. The van der Waals surface area contributed by atoms with Gasteiger partial charge in [-0.25, -0.2) is 0 Å². The van der Waals surface area contributed by atoms with Crippen LogP contribution in [-0.2, 0) is 17.7 Å². The van der Waals surface area contributed by atoms with E-state index in [9.17, 15) is 18.0 Å². The number of aromatic nitrogens is 3. The third-order valence-corrected chi connectivity index (χ3v) is 4.08. The zero-order valence-electron chi connectivity index (χ0n) is 12.0. The molecule has 3 rings (SSSR count). The normalized spacial score (nSPS) is 20.0. The molecule has 0 N–H and O–H groups in total. The Hall–Kier alpha value is -1.64. The molecule has 1 saturated heterocycles. The molecule has 2 aliphatic heterocycles. The van der Waals surface area contributed by atoms with Crippen molar-refractivity contribution in [3.63, 3.8) is 0 Å². The number of amides is 1. The van der Waals surface area contributed by atoms with Crippen LogP contribution < -0.4 is 0 Å². The molecule has 9 heteroatoms. The van der Waals surface area contributed by atoms with Gasteiger partial charge < -0.3 is 9.47 Å². The highest BCUT2D eigenvalue weighted by atomic mass is 19.4. The van der Waals surface area contributed by atoms with Crippen LogP contribution in [0.2, 0.25) is 0 Å². The van der Waals surface area contributed by atoms with Crippen LogP contribution >= 0.6 is 0 Å². The summed E-state index contributed by atoms with van der Waals surface area (Å²) in [6.07, 6.45) is -2.33. The number of piperidine rings is 1. The molecule has 0 spiro atoms. The lowest BCUT2D eigenvalue weighted by Gasteiger charge is -2.32. The summed E-state index contributed by atoms with van der Waals surface area (Å²) >= 11 is 0. The largest absolute Gasteiger partial charge is 0.522 e. The molecular weight excluding hydrogens is 301 g/mol. The molecule has 1 aromatic heterocycles. The molecule has 6 nitrogen and oxygen atoms in total. The van der Waals surface area contributed by atoms with Crippen LogP contribution in [-0.4, -0.2) is 51.1 Å². The number of halogens is 3. The first kappa shape index (κ1) is 15.3. The van der Waals surface area contributed by atoms with E-state index in [2.05, 4.69) is 14.9 Å². The zero-order valence-corrected chi connectivity index (χ0v) is 12.0. The Morgan fingerprint density at radius 2 is 1.86 bits per heavy atom. The Labute approximate surface area is 125 Å². The van der Waals surface area contributed by atoms with Gasteiger partial charge in [0.05, 0.1) is 6.10 Å². The van der Waals surface area contributed by atoms with Gasteiger partial charge in [-0.1, -0.05) is 0 Å². The Kier molecular flexibility index (Phi) is 4.07. The summed E-state index contributed by atoms with van der Waals surface area (Å²) in [5, 5.41) is 7.99. The van der Waals surface area contributed by atoms with E-state index >= 15 is 0 Å². The van der Waals surface area contributed by atoms with Crippen LogP contribution in [0.3, 0.4) is 0 Å². The third kappa shape index (κ3) is 3.23. The molecule has 0 aliphatic carbocycles. The van der Waals surface area contributed by atoms with Gasteiger partial charge in [0.1, 0.15) is 5.82 Å². The number of aryl methyl sites for hydroxylation is 1. The predicted octanol–water partition coefficient (Wildman–Crippen LogP) is 1.76. The smallest absolute Gasteiger partial charge is 0.336 e. The second-order valence-electron chi connectivity index (χ2n) is 5.60. The summed E-state index contributed by atoms with van der Waals surface area (Å²) in [7, 11) is 0. The van der Waals surface area contributed by atoms with Gasteiger partial charge in [0.25, 0.3) is 5.91 Å². The molecule has 1 fully saturated rings. The number of fused-ring (bicyclic) bond motifs is 1. The van der Waals surface area contributed by atoms with Crippen LogP contribution in [0.25, 0.3) is 0 Å². The summed E-state index contributed by atoms with van der Waals surface area (Å²) in [5.41, 5.74) is 0. The quantitative estimate of drug-likeness (QED) is 0.833. The Bertz CT molecular complexity index is 550. The van der Waals surface area contributed by atoms with Crippen molar-refractivity contribution in [1.82, 2.24) is 19.7 Å². The van der Waals surface area contributed by atoms with Gasteiger partial charge in [0.2, 0.25) is 5.82 Å². The van der Waals surface area contributed by atoms with Gasteiger partial charge in [-0.15, -0.1) is 23.4 Å². The van der Waals surface area contributed by atoms with Gasteiger partial charge in [-0.3, -0.25) is 9.53 Å². The molecule has 1 amide bonds. The number of nitrogens with zero attached hydrogens (tertiary/aromatic N) is 4. The fourth-order valence-corrected chi connectivity index (χ4v) is 2.97. The number of ether oxygens (including phenoxy) is 1. The number of hydrogen-bond acceptors (Lipinski definition) is 4. The van der Waals surface area contributed by atoms with Crippen LogP contribution in [0.15, 0.2) is 0 Å². The van der Waals surface area contributed by atoms with Crippen LogP contribution in [0.4, 0.5) is 13.2 Å². The lowest BCUT2D eigenvalue weighted by molar-refractivity contribution is -0.345. The molecule has 3 heterocycles. The van der Waals surface area contributed by atoms with Gasteiger partial charge in [0.15, 0.2) is 0 Å². The van der Waals surface area contributed by atoms with E-state index < -0.39 is 12.5 Å². The second-order valence-corrected chi connectivity index (χ2v) is 5.60.